The van der Waals surface area contributed by atoms with Crippen molar-refractivity contribution in [2.45, 2.75) is 38.1 Å². The molecule has 2 atom stereocenters. The van der Waals surface area contributed by atoms with Crippen LogP contribution in [-0.4, -0.2) is 32.5 Å². The summed E-state index contributed by atoms with van der Waals surface area (Å²) in [4.78, 5) is 0. The van der Waals surface area contributed by atoms with Gasteiger partial charge >= 0.3 is 0 Å². The van der Waals surface area contributed by atoms with Crippen LogP contribution in [0.3, 0.4) is 0 Å². The van der Waals surface area contributed by atoms with E-state index in [-0.39, 0.29) is 0 Å². The summed E-state index contributed by atoms with van der Waals surface area (Å²) in [5.74, 6) is 1.52. The highest BCUT2D eigenvalue weighted by Gasteiger charge is 2.22. The molecule has 2 unspecified atom stereocenters. The summed E-state index contributed by atoms with van der Waals surface area (Å²) in [5, 5.41) is 0. The summed E-state index contributed by atoms with van der Waals surface area (Å²) in [5.41, 5.74) is 6.19. The van der Waals surface area contributed by atoms with Gasteiger partial charge in [-0.3, -0.25) is 0 Å². The Morgan fingerprint density at radius 2 is 1.53 bits per heavy atom. The Kier molecular flexibility index (Phi) is 4.42. The maximum atomic E-state index is 6.19. The predicted octanol–water partition coefficient (Wildman–Crippen LogP) is 1.56. The van der Waals surface area contributed by atoms with Gasteiger partial charge in [-0.15, -0.1) is 0 Å². The van der Waals surface area contributed by atoms with Gasteiger partial charge in [0.05, 0.1) is 0 Å². The number of hydrogen-bond acceptors (Lipinski definition) is 3. The van der Waals surface area contributed by atoms with Gasteiger partial charge in [0.15, 0.2) is 0 Å². The Hall–Kier alpha value is -0.120. The molecule has 2 aliphatic rings. The zero-order valence-electron chi connectivity index (χ0n) is 9.49. The minimum atomic E-state index is 0.375. The second kappa shape index (κ2) is 5.83. The smallest absolute Gasteiger partial charge is 0.0495 e. The molecular weight excluding hydrogens is 190 g/mol. The van der Waals surface area contributed by atoms with Gasteiger partial charge in [0.1, 0.15) is 0 Å². The molecule has 0 aromatic carbocycles. The summed E-state index contributed by atoms with van der Waals surface area (Å²) >= 11 is 0. The minimum absolute atomic E-state index is 0.375. The number of nitrogens with two attached hydrogens (primary N) is 1. The van der Waals surface area contributed by atoms with Crippen LogP contribution < -0.4 is 5.73 Å². The maximum Gasteiger partial charge on any atom is 0.0495 e. The lowest BCUT2D eigenvalue weighted by Gasteiger charge is -2.25. The Labute approximate surface area is 92.3 Å². The molecule has 3 nitrogen and oxygen atoms in total. The Morgan fingerprint density at radius 3 is 2.20 bits per heavy atom. The van der Waals surface area contributed by atoms with Gasteiger partial charge in [0.25, 0.3) is 0 Å². The quantitative estimate of drug-likeness (QED) is 0.770. The molecule has 2 fully saturated rings. The van der Waals surface area contributed by atoms with Crippen molar-refractivity contribution < 1.29 is 9.47 Å². The Morgan fingerprint density at radius 1 is 0.933 bits per heavy atom. The number of ether oxygens (including phenoxy) is 2. The van der Waals surface area contributed by atoms with Gasteiger partial charge < -0.3 is 15.2 Å². The van der Waals surface area contributed by atoms with Crippen LogP contribution in [0.15, 0.2) is 0 Å². The third-order valence-corrected chi connectivity index (χ3v) is 3.64. The normalized spacial score (nSPS) is 30.6. The first-order chi connectivity index (χ1) is 7.34. The van der Waals surface area contributed by atoms with Gasteiger partial charge in [-0.25, -0.2) is 0 Å². The first kappa shape index (κ1) is 11.4. The highest BCUT2D eigenvalue weighted by molar-refractivity contribution is 4.75. The fourth-order valence-electron chi connectivity index (χ4n) is 2.70. The van der Waals surface area contributed by atoms with Crippen LogP contribution in [0, 0.1) is 11.8 Å². The fraction of sp³-hybridized carbons (Fsp3) is 1.00. The van der Waals surface area contributed by atoms with E-state index in [1.165, 1.54) is 25.7 Å². The van der Waals surface area contributed by atoms with Crippen LogP contribution in [0.1, 0.15) is 32.1 Å². The number of hydrogen-bond donors (Lipinski definition) is 1. The van der Waals surface area contributed by atoms with Crippen LogP contribution in [0.4, 0.5) is 0 Å². The predicted molar refractivity (Wildman–Crippen MR) is 59.7 cm³/mol. The van der Waals surface area contributed by atoms with Gasteiger partial charge in [-0.1, -0.05) is 0 Å². The second-order valence-corrected chi connectivity index (χ2v) is 5.02. The average Bonchev–Trinajstić information content (AvgIpc) is 2.71. The molecule has 0 amide bonds. The summed E-state index contributed by atoms with van der Waals surface area (Å²) in [7, 11) is 0. The molecule has 2 rings (SSSR count). The van der Waals surface area contributed by atoms with E-state index < -0.39 is 0 Å². The van der Waals surface area contributed by atoms with Crippen LogP contribution in [-0.2, 0) is 9.47 Å². The molecule has 0 aliphatic carbocycles. The molecule has 15 heavy (non-hydrogen) atoms. The van der Waals surface area contributed by atoms with E-state index in [2.05, 4.69) is 0 Å². The highest BCUT2D eigenvalue weighted by Crippen LogP contribution is 2.24. The van der Waals surface area contributed by atoms with Crippen molar-refractivity contribution in [3.63, 3.8) is 0 Å². The Bertz CT molecular complexity index is 174. The zero-order chi connectivity index (χ0) is 10.5. The van der Waals surface area contributed by atoms with E-state index in [1.807, 2.05) is 0 Å². The summed E-state index contributed by atoms with van der Waals surface area (Å²) in [6.45, 7) is 3.74. The van der Waals surface area contributed by atoms with Crippen molar-refractivity contribution in [2.24, 2.45) is 17.6 Å². The average molecular weight is 213 g/mol. The van der Waals surface area contributed by atoms with E-state index >= 15 is 0 Å². The van der Waals surface area contributed by atoms with E-state index in [0.717, 1.165) is 44.7 Å². The first-order valence-corrected chi connectivity index (χ1v) is 6.25. The topological polar surface area (TPSA) is 44.5 Å². The second-order valence-electron chi connectivity index (χ2n) is 5.02. The minimum Gasteiger partial charge on any atom is -0.381 e. The van der Waals surface area contributed by atoms with E-state index in [0.29, 0.717) is 6.04 Å². The molecule has 0 aromatic rings. The molecule has 0 aromatic heterocycles. The van der Waals surface area contributed by atoms with Crippen molar-refractivity contribution in [3.05, 3.63) is 0 Å². The summed E-state index contributed by atoms with van der Waals surface area (Å²) in [6, 6.07) is 0.375. The van der Waals surface area contributed by atoms with Crippen molar-refractivity contribution >= 4 is 0 Å². The molecule has 0 bridgehead atoms. The summed E-state index contributed by atoms with van der Waals surface area (Å²) < 4.78 is 10.7. The fourth-order valence-corrected chi connectivity index (χ4v) is 2.70. The molecule has 3 heteroatoms. The van der Waals surface area contributed by atoms with E-state index in [1.54, 1.807) is 0 Å². The lowest BCUT2D eigenvalue weighted by atomic mass is 9.88. The van der Waals surface area contributed by atoms with Crippen LogP contribution in [0.2, 0.25) is 0 Å². The zero-order valence-corrected chi connectivity index (χ0v) is 9.49. The molecule has 0 saturated carbocycles. The van der Waals surface area contributed by atoms with E-state index in [9.17, 15) is 0 Å². The van der Waals surface area contributed by atoms with Gasteiger partial charge in [0, 0.05) is 32.5 Å². The van der Waals surface area contributed by atoms with Crippen molar-refractivity contribution in [1.82, 2.24) is 0 Å². The van der Waals surface area contributed by atoms with Crippen LogP contribution >= 0.6 is 0 Å². The molecule has 2 aliphatic heterocycles. The van der Waals surface area contributed by atoms with Gasteiger partial charge in [-0.05, 0) is 43.9 Å². The molecule has 0 radical (unpaired) electrons. The first-order valence-electron chi connectivity index (χ1n) is 6.25. The molecule has 88 valence electrons. The van der Waals surface area contributed by atoms with E-state index in [4.69, 9.17) is 15.2 Å². The molecule has 0 spiro atoms. The van der Waals surface area contributed by atoms with Gasteiger partial charge in [-0.2, -0.15) is 0 Å². The molecular formula is C12H23NO2. The SMILES string of the molecule is NC(CC1CCOCC1)CC1CCOC1. The monoisotopic (exact) mass is 213 g/mol. The standard InChI is InChI=1S/C12H23NO2/c13-12(8-11-3-6-15-9-11)7-10-1-4-14-5-2-10/h10-12H,1-9,13H2. The van der Waals surface area contributed by atoms with Crippen LogP contribution in [0.25, 0.3) is 0 Å². The highest BCUT2D eigenvalue weighted by atomic mass is 16.5. The van der Waals surface area contributed by atoms with Crippen molar-refractivity contribution in [2.75, 3.05) is 26.4 Å². The molecule has 2 N–H and O–H groups in total. The maximum absolute atomic E-state index is 6.19. The Balaban J connectivity index is 1.64. The van der Waals surface area contributed by atoms with Crippen LogP contribution in [0.5, 0.6) is 0 Å². The molecule has 2 heterocycles. The third-order valence-electron chi connectivity index (χ3n) is 3.64. The lowest BCUT2D eigenvalue weighted by Crippen LogP contribution is -2.29. The number of rotatable bonds is 4. The summed E-state index contributed by atoms with van der Waals surface area (Å²) in [6.07, 6.45) is 5.95. The molecule has 2 saturated heterocycles. The lowest BCUT2D eigenvalue weighted by molar-refractivity contribution is 0.0609. The van der Waals surface area contributed by atoms with Crippen molar-refractivity contribution in [1.29, 1.82) is 0 Å². The largest absolute Gasteiger partial charge is 0.381 e. The third kappa shape index (κ3) is 3.74. The van der Waals surface area contributed by atoms with Crippen molar-refractivity contribution in [3.8, 4) is 0 Å². The van der Waals surface area contributed by atoms with Gasteiger partial charge in [0.2, 0.25) is 0 Å².